The molecule has 35 heavy (non-hydrogen) atoms. The Labute approximate surface area is 204 Å². The molecular weight excluding hydrogens is 507 g/mol. The van der Waals surface area contributed by atoms with E-state index in [0.717, 1.165) is 16.6 Å². The fourth-order valence-electron chi connectivity index (χ4n) is 3.00. The van der Waals surface area contributed by atoms with Gasteiger partial charge in [0.2, 0.25) is 0 Å². The number of ether oxygens (including phenoxy) is 1. The Hall–Kier alpha value is -3.57. The third kappa shape index (κ3) is 6.52. The quantitative estimate of drug-likeness (QED) is 0.341. The summed E-state index contributed by atoms with van der Waals surface area (Å²) < 4.78 is 71.9. The number of carbonyl (C=O) groups excluding carboxylic acids is 1. The lowest BCUT2D eigenvalue weighted by Gasteiger charge is -2.23. The zero-order valence-electron chi connectivity index (χ0n) is 18.2. The number of nitrogens with one attached hydrogen (secondary N) is 1. The van der Waals surface area contributed by atoms with Crippen LogP contribution in [0.15, 0.2) is 82.8 Å². The van der Waals surface area contributed by atoms with Gasteiger partial charge in [-0.2, -0.15) is 18.3 Å². The normalized spacial score (nSPS) is 11.9. The largest absolute Gasteiger partial charge is 0.497 e. The van der Waals surface area contributed by atoms with Crippen molar-refractivity contribution in [3.8, 4) is 5.75 Å². The summed E-state index contributed by atoms with van der Waals surface area (Å²) in [5.41, 5.74) is 1.03. The van der Waals surface area contributed by atoms with Crippen molar-refractivity contribution in [3.05, 3.63) is 88.9 Å². The number of hydrogen-bond acceptors (Lipinski definition) is 5. The minimum Gasteiger partial charge on any atom is -0.497 e. The van der Waals surface area contributed by atoms with Crippen LogP contribution in [-0.2, 0) is 21.0 Å². The van der Waals surface area contributed by atoms with E-state index in [9.17, 15) is 26.4 Å². The molecule has 0 spiro atoms. The average Bonchev–Trinajstić information content (AvgIpc) is 2.83. The maximum absolute atomic E-state index is 13.3. The second-order valence-corrected chi connectivity index (χ2v) is 9.34. The number of benzene rings is 3. The fourth-order valence-corrected chi connectivity index (χ4v) is 4.55. The first kappa shape index (κ1) is 26.0. The molecule has 0 aliphatic heterocycles. The van der Waals surface area contributed by atoms with E-state index in [2.05, 4.69) is 10.5 Å². The van der Waals surface area contributed by atoms with E-state index in [0.29, 0.717) is 10.8 Å². The lowest BCUT2D eigenvalue weighted by atomic mass is 10.1. The number of sulfonamides is 1. The molecule has 184 valence electrons. The molecule has 3 aromatic rings. The van der Waals surface area contributed by atoms with Crippen molar-refractivity contribution in [1.29, 1.82) is 0 Å². The van der Waals surface area contributed by atoms with Gasteiger partial charge in [-0.05, 0) is 54.6 Å². The molecule has 0 atom stereocenters. The lowest BCUT2D eigenvalue weighted by Crippen LogP contribution is -2.39. The van der Waals surface area contributed by atoms with Gasteiger partial charge in [-0.15, -0.1) is 0 Å². The fraction of sp³-hybridized carbons (Fsp3) is 0.130. The monoisotopic (exact) mass is 525 g/mol. The van der Waals surface area contributed by atoms with Crippen LogP contribution < -0.4 is 14.5 Å². The first-order chi connectivity index (χ1) is 16.5. The molecule has 12 heteroatoms. The molecule has 0 saturated heterocycles. The highest BCUT2D eigenvalue weighted by Crippen LogP contribution is 2.31. The van der Waals surface area contributed by atoms with Crippen LogP contribution in [0.3, 0.4) is 0 Å². The van der Waals surface area contributed by atoms with Crippen LogP contribution in [0.1, 0.15) is 11.1 Å². The Kier molecular flexibility index (Phi) is 8.03. The van der Waals surface area contributed by atoms with Gasteiger partial charge >= 0.3 is 6.18 Å². The van der Waals surface area contributed by atoms with E-state index < -0.39 is 34.2 Å². The first-order valence-electron chi connectivity index (χ1n) is 9.93. The summed E-state index contributed by atoms with van der Waals surface area (Å²) in [7, 11) is -2.79. The minimum absolute atomic E-state index is 0.108. The Morgan fingerprint density at radius 1 is 1.06 bits per heavy atom. The van der Waals surface area contributed by atoms with Crippen LogP contribution in [0, 0.1) is 0 Å². The third-order valence-electron chi connectivity index (χ3n) is 4.71. The molecule has 0 saturated carbocycles. The molecule has 0 radical (unpaired) electrons. The van der Waals surface area contributed by atoms with Gasteiger partial charge < -0.3 is 4.74 Å². The van der Waals surface area contributed by atoms with E-state index >= 15 is 0 Å². The van der Waals surface area contributed by atoms with E-state index in [4.69, 9.17) is 16.3 Å². The van der Waals surface area contributed by atoms with Gasteiger partial charge in [0, 0.05) is 10.6 Å². The highest BCUT2D eigenvalue weighted by Gasteiger charge is 2.32. The minimum atomic E-state index is -4.61. The van der Waals surface area contributed by atoms with Crippen molar-refractivity contribution in [2.45, 2.75) is 11.1 Å². The van der Waals surface area contributed by atoms with Crippen LogP contribution >= 0.6 is 11.6 Å². The Balaban J connectivity index is 1.85. The van der Waals surface area contributed by atoms with Crippen molar-refractivity contribution < 1.29 is 31.1 Å². The number of anilines is 1. The molecule has 1 N–H and O–H groups in total. The zero-order chi connectivity index (χ0) is 25.6. The molecular formula is C23H19ClF3N3O4S. The number of methoxy groups -OCH3 is 1. The molecule has 3 rings (SSSR count). The number of nitrogens with zero attached hydrogens (tertiary/aromatic N) is 2. The van der Waals surface area contributed by atoms with Gasteiger partial charge in [0.15, 0.2) is 0 Å². The van der Waals surface area contributed by atoms with Crippen molar-refractivity contribution in [3.63, 3.8) is 0 Å². The summed E-state index contributed by atoms with van der Waals surface area (Å²) in [4.78, 5) is 12.4. The Morgan fingerprint density at radius 2 is 1.69 bits per heavy atom. The summed E-state index contributed by atoms with van der Waals surface area (Å²) in [6, 6.07) is 16.0. The number of carbonyl (C=O) groups is 1. The van der Waals surface area contributed by atoms with Crippen LogP contribution in [0.5, 0.6) is 5.75 Å². The Bertz CT molecular complexity index is 1310. The topological polar surface area (TPSA) is 88.1 Å². The third-order valence-corrected chi connectivity index (χ3v) is 6.75. The van der Waals surface area contributed by atoms with E-state index in [1.54, 1.807) is 0 Å². The molecule has 7 nitrogen and oxygen atoms in total. The van der Waals surface area contributed by atoms with Gasteiger partial charge in [-0.3, -0.25) is 9.10 Å². The number of alkyl halides is 3. The molecule has 0 aliphatic rings. The van der Waals surface area contributed by atoms with Crippen LogP contribution in [0.2, 0.25) is 5.02 Å². The Morgan fingerprint density at radius 3 is 2.29 bits per heavy atom. The molecule has 1 amide bonds. The second-order valence-electron chi connectivity index (χ2n) is 7.04. The highest BCUT2D eigenvalue weighted by molar-refractivity contribution is 7.92. The highest BCUT2D eigenvalue weighted by atomic mass is 35.5. The predicted molar refractivity (Wildman–Crippen MR) is 126 cm³/mol. The molecule has 0 aliphatic carbocycles. The number of halogens is 4. The van der Waals surface area contributed by atoms with Crippen LogP contribution in [0.4, 0.5) is 18.9 Å². The summed E-state index contributed by atoms with van der Waals surface area (Å²) >= 11 is 5.90. The molecule has 0 fully saturated rings. The van der Waals surface area contributed by atoms with Gasteiger partial charge in [0.05, 0.1) is 29.5 Å². The van der Waals surface area contributed by atoms with E-state index in [1.165, 1.54) is 73.8 Å². The number of hydrazone groups is 1. The molecule has 3 aromatic carbocycles. The zero-order valence-corrected chi connectivity index (χ0v) is 19.7. The SMILES string of the molecule is COc1ccc(S(=O)(=O)N(CC(=O)NN=Cc2ccccc2C(F)(F)F)c2ccc(Cl)cc2)cc1. The van der Waals surface area contributed by atoms with Crippen molar-refractivity contribution >= 4 is 39.4 Å². The van der Waals surface area contributed by atoms with Crippen LogP contribution in [-0.4, -0.2) is 34.2 Å². The maximum Gasteiger partial charge on any atom is 0.417 e. The van der Waals surface area contributed by atoms with Crippen molar-refractivity contribution in [2.24, 2.45) is 5.10 Å². The van der Waals surface area contributed by atoms with Crippen LogP contribution in [0.25, 0.3) is 0 Å². The van der Waals surface area contributed by atoms with Gasteiger partial charge in [-0.25, -0.2) is 13.8 Å². The summed E-state index contributed by atoms with van der Waals surface area (Å²) in [5, 5.41) is 3.92. The molecule has 0 aromatic heterocycles. The summed E-state index contributed by atoms with van der Waals surface area (Å²) in [6.07, 6.45) is -3.77. The standard InChI is InChI=1S/C23H19ClF3N3O4S/c1-34-19-10-12-20(13-11-19)35(32,33)30(18-8-6-17(24)7-9-18)15-22(31)29-28-14-16-4-2-3-5-21(16)23(25,26)27/h2-14H,15H2,1H3,(H,29,31). The molecule has 0 unspecified atom stereocenters. The maximum atomic E-state index is 13.3. The molecule has 0 heterocycles. The molecule has 0 bridgehead atoms. The van der Waals surface area contributed by atoms with E-state index in [1.807, 2.05) is 0 Å². The van der Waals surface area contributed by atoms with Crippen molar-refractivity contribution in [1.82, 2.24) is 5.43 Å². The van der Waals surface area contributed by atoms with Gasteiger partial charge in [-0.1, -0.05) is 29.8 Å². The van der Waals surface area contributed by atoms with Gasteiger partial charge in [0.25, 0.3) is 15.9 Å². The number of hydrogen-bond donors (Lipinski definition) is 1. The lowest BCUT2D eigenvalue weighted by molar-refractivity contribution is -0.137. The summed E-state index contributed by atoms with van der Waals surface area (Å²) in [5.74, 6) is -0.439. The number of amides is 1. The summed E-state index contributed by atoms with van der Waals surface area (Å²) in [6.45, 7) is -0.700. The first-order valence-corrected chi connectivity index (χ1v) is 11.7. The van der Waals surface area contributed by atoms with Crippen molar-refractivity contribution in [2.75, 3.05) is 18.0 Å². The smallest absolute Gasteiger partial charge is 0.417 e. The number of rotatable bonds is 8. The second kappa shape index (κ2) is 10.8. The van der Waals surface area contributed by atoms with Gasteiger partial charge in [0.1, 0.15) is 12.3 Å². The average molecular weight is 526 g/mol. The van der Waals surface area contributed by atoms with E-state index in [-0.39, 0.29) is 16.1 Å². The predicted octanol–water partition coefficient (Wildman–Crippen LogP) is 4.71.